The first-order valence-electron chi connectivity index (χ1n) is 11.4. The Labute approximate surface area is 202 Å². The fourth-order valence-electron chi connectivity index (χ4n) is 4.23. The number of sulfonamides is 1. The topological polar surface area (TPSA) is 75.7 Å². The van der Waals surface area contributed by atoms with Gasteiger partial charge in [-0.05, 0) is 67.8 Å². The number of carbonyl (C=O) groups excluding carboxylic acids is 1. The zero-order valence-corrected chi connectivity index (χ0v) is 21.5. The number of ether oxygens (including phenoxy) is 1. The molecule has 3 rings (SSSR count). The number of thioether (sulfide) groups is 1. The number of rotatable bonds is 8. The number of carbonyl (C=O) groups is 1. The number of hydrogen-bond donors (Lipinski definition) is 1. The van der Waals surface area contributed by atoms with E-state index in [9.17, 15) is 13.2 Å². The summed E-state index contributed by atoms with van der Waals surface area (Å²) >= 11 is 1.46. The quantitative estimate of drug-likeness (QED) is 0.517. The largest absolute Gasteiger partial charge is 0.496 e. The molecule has 1 saturated heterocycles. The lowest BCUT2D eigenvalue weighted by Crippen LogP contribution is -2.33. The molecular formula is C25H34N2O4S2. The minimum Gasteiger partial charge on any atom is -0.496 e. The number of nitrogens with zero attached hydrogens (tertiary/aromatic N) is 1. The average molecular weight is 491 g/mol. The Hall–Kier alpha value is -2.03. The molecule has 1 aliphatic rings. The molecule has 1 N–H and O–H groups in total. The van der Waals surface area contributed by atoms with Crippen molar-refractivity contribution in [3.8, 4) is 5.75 Å². The number of amides is 1. The third-order valence-corrected chi connectivity index (χ3v) is 8.40. The van der Waals surface area contributed by atoms with E-state index in [2.05, 4.69) is 4.72 Å². The fourth-order valence-corrected chi connectivity index (χ4v) is 6.13. The maximum Gasteiger partial charge on any atom is 0.255 e. The number of hydrogen-bond acceptors (Lipinski definition) is 5. The molecule has 1 aliphatic heterocycles. The Bertz CT molecular complexity index is 1080. The van der Waals surface area contributed by atoms with E-state index in [1.807, 2.05) is 43.2 Å². The van der Waals surface area contributed by atoms with E-state index in [4.69, 9.17) is 4.74 Å². The lowest BCUT2D eigenvalue weighted by molar-refractivity contribution is 0.0758. The molecule has 0 saturated carbocycles. The molecule has 0 radical (unpaired) electrons. The molecule has 2 aromatic rings. The molecule has 0 spiro atoms. The number of aryl methyl sites for hydroxylation is 1. The summed E-state index contributed by atoms with van der Waals surface area (Å²) in [5, 5.41) is 0. The second-order valence-corrected chi connectivity index (χ2v) is 10.9. The predicted octanol–water partition coefficient (Wildman–Crippen LogP) is 5.17. The number of methoxy groups -OCH3 is 1. The smallest absolute Gasteiger partial charge is 0.255 e. The summed E-state index contributed by atoms with van der Waals surface area (Å²) in [6.45, 7) is 5.32. The number of likely N-dealkylation sites (tertiary alicyclic amines) is 1. The van der Waals surface area contributed by atoms with Crippen LogP contribution in [0.2, 0.25) is 0 Å². The highest BCUT2D eigenvalue weighted by molar-refractivity contribution is 7.98. The molecule has 33 heavy (non-hydrogen) atoms. The van der Waals surface area contributed by atoms with Crippen molar-refractivity contribution >= 4 is 27.7 Å². The van der Waals surface area contributed by atoms with E-state index in [1.165, 1.54) is 17.8 Å². The van der Waals surface area contributed by atoms with Gasteiger partial charge in [0.05, 0.1) is 17.6 Å². The SMILES string of the molecule is CC[C@H](NS(=O)(=O)c1ccc(SC)c(C(=O)N2CCCCCC2)c1)c1ccc(OC)c(C)c1. The van der Waals surface area contributed by atoms with Crippen molar-refractivity contribution < 1.29 is 17.9 Å². The molecule has 1 heterocycles. The van der Waals surface area contributed by atoms with Gasteiger partial charge in [0.2, 0.25) is 10.0 Å². The number of benzene rings is 2. The Morgan fingerprint density at radius 3 is 2.39 bits per heavy atom. The fraction of sp³-hybridized carbons (Fsp3) is 0.480. The Balaban J connectivity index is 1.89. The highest BCUT2D eigenvalue weighted by Gasteiger charge is 2.25. The third kappa shape index (κ3) is 6.11. The summed E-state index contributed by atoms with van der Waals surface area (Å²) in [5.41, 5.74) is 2.28. The minimum absolute atomic E-state index is 0.0869. The van der Waals surface area contributed by atoms with Crippen LogP contribution in [0, 0.1) is 6.92 Å². The maximum absolute atomic E-state index is 13.3. The second kappa shape index (κ2) is 11.4. The molecule has 8 heteroatoms. The van der Waals surface area contributed by atoms with E-state index in [1.54, 1.807) is 19.2 Å². The molecule has 0 bridgehead atoms. The van der Waals surface area contributed by atoms with Crippen LogP contribution in [0.15, 0.2) is 46.2 Å². The summed E-state index contributed by atoms with van der Waals surface area (Å²) in [5.74, 6) is 0.678. The van der Waals surface area contributed by atoms with Gasteiger partial charge < -0.3 is 9.64 Å². The summed E-state index contributed by atoms with van der Waals surface area (Å²) < 4.78 is 34.8. The summed E-state index contributed by atoms with van der Waals surface area (Å²) in [6.07, 6.45) is 6.72. The summed E-state index contributed by atoms with van der Waals surface area (Å²) in [6, 6.07) is 10.2. The van der Waals surface area contributed by atoms with Crippen LogP contribution in [0.5, 0.6) is 5.75 Å². The lowest BCUT2D eigenvalue weighted by atomic mass is 10.0. The van der Waals surface area contributed by atoms with Crippen molar-refractivity contribution in [3.05, 3.63) is 53.1 Å². The minimum atomic E-state index is -3.83. The molecule has 180 valence electrons. The van der Waals surface area contributed by atoms with Crippen LogP contribution in [0.3, 0.4) is 0 Å². The molecular weight excluding hydrogens is 456 g/mol. The monoisotopic (exact) mass is 490 g/mol. The van der Waals surface area contributed by atoms with Gasteiger partial charge in [0.15, 0.2) is 0 Å². The van der Waals surface area contributed by atoms with Gasteiger partial charge in [-0.2, -0.15) is 0 Å². The first-order valence-corrected chi connectivity index (χ1v) is 14.2. The lowest BCUT2D eigenvalue weighted by Gasteiger charge is -2.22. The highest BCUT2D eigenvalue weighted by Crippen LogP contribution is 2.29. The van der Waals surface area contributed by atoms with E-state index >= 15 is 0 Å². The van der Waals surface area contributed by atoms with E-state index in [-0.39, 0.29) is 16.8 Å². The molecule has 6 nitrogen and oxygen atoms in total. The van der Waals surface area contributed by atoms with Gasteiger partial charge in [-0.15, -0.1) is 11.8 Å². The van der Waals surface area contributed by atoms with Crippen LogP contribution < -0.4 is 9.46 Å². The van der Waals surface area contributed by atoms with E-state index in [0.29, 0.717) is 12.0 Å². The van der Waals surface area contributed by atoms with Crippen LogP contribution in [-0.4, -0.2) is 45.7 Å². The molecule has 0 aromatic heterocycles. The van der Waals surface area contributed by atoms with Gasteiger partial charge in [-0.1, -0.05) is 31.9 Å². The predicted molar refractivity (Wildman–Crippen MR) is 134 cm³/mol. The molecule has 1 atom stereocenters. The molecule has 2 aromatic carbocycles. The van der Waals surface area contributed by atoms with Crippen LogP contribution in [0.1, 0.15) is 66.6 Å². The first kappa shape index (κ1) is 25.6. The summed E-state index contributed by atoms with van der Waals surface area (Å²) in [4.78, 5) is 16.1. The zero-order chi connectivity index (χ0) is 24.0. The van der Waals surface area contributed by atoms with Crippen LogP contribution in [-0.2, 0) is 10.0 Å². The Morgan fingerprint density at radius 2 is 1.82 bits per heavy atom. The van der Waals surface area contributed by atoms with Gasteiger partial charge in [-0.25, -0.2) is 13.1 Å². The standard InChI is InChI=1S/C25H34N2O4S2/c1-5-22(19-10-12-23(31-3)18(2)16-19)26-33(29,30)20-11-13-24(32-4)21(17-20)25(28)27-14-8-6-7-9-15-27/h10-13,16-17,22,26H,5-9,14-15H2,1-4H3/t22-/m0/s1. The summed E-state index contributed by atoms with van der Waals surface area (Å²) in [7, 11) is -2.21. The van der Waals surface area contributed by atoms with Crippen molar-refractivity contribution in [2.75, 3.05) is 26.5 Å². The Kier molecular flexibility index (Phi) is 8.84. The van der Waals surface area contributed by atoms with Crippen molar-refractivity contribution in [1.82, 2.24) is 9.62 Å². The molecule has 0 aliphatic carbocycles. The van der Waals surface area contributed by atoms with Gasteiger partial charge in [0.25, 0.3) is 5.91 Å². The van der Waals surface area contributed by atoms with Gasteiger partial charge in [0, 0.05) is 24.0 Å². The normalized spacial score (nSPS) is 15.7. The van der Waals surface area contributed by atoms with Crippen molar-refractivity contribution in [2.24, 2.45) is 0 Å². The van der Waals surface area contributed by atoms with Gasteiger partial charge >= 0.3 is 0 Å². The number of nitrogens with one attached hydrogen (secondary N) is 1. The molecule has 1 fully saturated rings. The highest BCUT2D eigenvalue weighted by atomic mass is 32.2. The van der Waals surface area contributed by atoms with Crippen LogP contribution >= 0.6 is 11.8 Å². The average Bonchev–Trinajstić information content (AvgIpc) is 3.11. The maximum atomic E-state index is 13.3. The van der Waals surface area contributed by atoms with E-state index in [0.717, 1.165) is 60.5 Å². The van der Waals surface area contributed by atoms with Crippen molar-refractivity contribution in [3.63, 3.8) is 0 Å². The Morgan fingerprint density at radius 1 is 1.12 bits per heavy atom. The zero-order valence-electron chi connectivity index (χ0n) is 19.9. The first-order chi connectivity index (χ1) is 15.8. The molecule has 1 amide bonds. The third-order valence-electron chi connectivity index (χ3n) is 6.13. The van der Waals surface area contributed by atoms with Crippen LogP contribution in [0.4, 0.5) is 0 Å². The van der Waals surface area contributed by atoms with Crippen LogP contribution in [0.25, 0.3) is 0 Å². The van der Waals surface area contributed by atoms with Gasteiger partial charge in [0.1, 0.15) is 5.75 Å². The van der Waals surface area contributed by atoms with Crippen molar-refractivity contribution in [1.29, 1.82) is 0 Å². The van der Waals surface area contributed by atoms with E-state index < -0.39 is 10.0 Å². The van der Waals surface area contributed by atoms with Gasteiger partial charge in [-0.3, -0.25) is 4.79 Å². The van der Waals surface area contributed by atoms with Crippen molar-refractivity contribution in [2.45, 2.75) is 61.8 Å². The molecule has 0 unspecified atom stereocenters. The second-order valence-electron chi connectivity index (χ2n) is 8.38.